The Morgan fingerprint density at radius 2 is 1.33 bits per heavy atom. The lowest BCUT2D eigenvalue weighted by molar-refractivity contribution is -0.116. The Balaban J connectivity index is 1.35. The van der Waals surface area contributed by atoms with Crippen molar-refractivity contribution in [2.45, 2.75) is 55.1 Å². The minimum absolute atomic E-state index is 0.0428. The highest BCUT2D eigenvalue weighted by Crippen LogP contribution is 2.27. The number of sulfonamides is 2. The van der Waals surface area contributed by atoms with Gasteiger partial charge in [0.15, 0.2) is 6.29 Å². The van der Waals surface area contributed by atoms with Crippen molar-refractivity contribution < 1.29 is 51.3 Å². The summed E-state index contributed by atoms with van der Waals surface area (Å²) in [5.74, 6) is -2.75. The average molecular weight is 783 g/mol. The van der Waals surface area contributed by atoms with Crippen molar-refractivity contribution in [1.29, 1.82) is 0 Å². The van der Waals surface area contributed by atoms with Gasteiger partial charge < -0.3 is 30.7 Å². The van der Waals surface area contributed by atoms with Crippen LogP contribution in [0, 0.1) is 0 Å². The summed E-state index contributed by atoms with van der Waals surface area (Å²) in [6.45, 7) is 2.33. The van der Waals surface area contributed by atoms with E-state index in [0.29, 0.717) is 13.0 Å². The molecule has 0 radical (unpaired) electrons. The third-order valence-electron chi connectivity index (χ3n) is 8.13. The molecule has 4 rings (SSSR count). The fourth-order valence-electron chi connectivity index (χ4n) is 5.19. The van der Waals surface area contributed by atoms with Crippen molar-refractivity contribution in [3.63, 3.8) is 0 Å². The number of aliphatic hydroxyl groups excluding tert-OH is 1. The number of carboxylic acid groups (broad SMARTS) is 1. The molecule has 0 bridgehead atoms. The molecular formula is C37H42N4O11S2. The molecule has 0 aliphatic carbocycles. The number of carbonyl (C=O) groups excluding carboxylic acids is 2. The zero-order valence-corrected chi connectivity index (χ0v) is 31.2. The Morgan fingerprint density at radius 3 is 1.89 bits per heavy atom. The number of methoxy groups -OCH3 is 1. The Morgan fingerprint density at radius 1 is 0.759 bits per heavy atom. The van der Waals surface area contributed by atoms with Crippen LogP contribution in [0.1, 0.15) is 69.9 Å². The molecule has 0 heterocycles. The van der Waals surface area contributed by atoms with Crippen molar-refractivity contribution in [2.24, 2.45) is 0 Å². The van der Waals surface area contributed by atoms with Crippen LogP contribution in [0.4, 0.5) is 17.1 Å². The molecule has 4 aromatic rings. The SMILES string of the molecule is CCCCc1ccc(S(=O)(=O)Nc2ccc(NC(=O)CCNC(=O)c3ccc(NS(=O)(=O)c4ccc(CCOC)cc4)c(C(O)O)c3)cc2C(=O)O)cc1. The largest absolute Gasteiger partial charge is 0.478 e. The first-order valence-corrected chi connectivity index (χ1v) is 19.8. The molecule has 17 heteroatoms. The molecule has 0 aliphatic rings. The number of carbonyl (C=O) groups is 3. The van der Waals surface area contributed by atoms with Crippen molar-refractivity contribution in [3.05, 3.63) is 113 Å². The Labute approximate surface area is 313 Å². The third kappa shape index (κ3) is 11.3. The van der Waals surface area contributed by atoms with E-state index in [1.54, 1.807) is 31.4 Å². The lowest BCUT2D eigenvalue weighted by atomic mass is 10.1. The Hall–Kier alpha value is -5.33. The van der Waals surface area contributed by atoms with Gasteiger partial charge >= 0.3 is 5.97 Å². The number of nitrogens with one attached hydrogen (secondary N) is 4. The van der Waals surface area contributed by atoms with Gasteiger partial charge in [-0.1, -0.05) is 37.6 Å². The van der Waals surface area contributed by atoms with Gasteiger partial charge in [-0.05, 0) is 91.1 Å². The number of rotatable bonds is 19. The van der Waals surface area contributed by atoms with E-state index >= 15 is 0 Å². The average Bonchev–Trinajstić information content (AvgIpc) is 3.13. The van der Waals surface area contributed by atoms with Crippen LogP contribution in [-0.2, 0) is 42.4 Å². The molecule has 0 atom stereocenters. The number of aliphatic hydroxyl groups is 2. The highest BCUT2D eigenvalue weighted by atomic mass is 32.2. The van der Waals surface area contributed by atoms with Gasteiger partial charge in [0.05, 0.1) is 33.3 Å². The lowest BCUT2D eigenvalue weighted by Crippen LogP contribution is -2.28. The first-order valence-electron chi connectivity index (χ1n) is 16.8. The molecule has 0 saturated heterocycles. The molecule has 0 saturated carbocycles. The van der Waals surface area contributed by atoms with Gasteiger partial charge in [0.1, 0.15) is 0 Å². The predicted octanol–water partition coefficient (Wildman–Crippen LogP) is 4.26. The lowest BCUT2D eigenvalue weighted by Gasteiger charge is -2.16. The Bertz CT molecular complexity index is 2170. The van der Waals surface area contributed by atoms with E-state index in [9.17, 15) is 46.5 Å². The van der Waals surface area contributed by atoms with Gasteiger partial charge in [0.25, 0.3) is 26.0 Å². The maximum absolute atomic E-state index is 13.0. The third-order valence-corrected chi connectivity index (χ3v) is 10.9. The molecule has 54 heavy (non-hydrogen) atoms. The molecule has 4 aromatic carbocycles. The van der Waals surface area contributed by atoms with Gasteiger partial charge in [-0.25, -0.2) is 21.6 Å². The number of ether oxygens (including phenoxy) is 1. The van der Waals surface area contributed by atoms with Gasteiger partial charge in [-0.3, -0.25) is 19.0 Å². The van der Waals surface area contributed by atoms with E-state index in [-0.39, 0.29) is 50.9 Å². The maximum Gasteiger partial charge on any atom is 0.337 e. The second-order valence-electron chi connectivity index (χ2n) is 12.1. The number of anilines is 3. The summed E-state index contributed by atoms with van der Waals surface area (Å²) < 4.78 is 61.6. The summed E-state index contributed by atoms with van der Waals surface area (Å²) in [6.07, 6.45) is 0.945. The summed E-state index contributed by atoms with van der Waals surface area (Å²) in [5, 5.41) is 34.7. The zero-order chi connectivity index (χ0) is 39.5. The van der Waals surface area contributed by atoms with E-state index in [1.165, 1.54) is 48.5 Å². The predicted molar refractivity (Wildman–Crippen MR) is 201 cm³/mol. The highest BCUT2D eigenvalue weighted by molar-refractivity contribution is 7.93. The van der Waals surface area contributed by atoms with E-state index in [0.717, 1.165) is 42.5 Å². The number of unbranched alkanes of at least 4 members (excludes halogenated alkanes) is 1. The van der Waals surface area contributed by atoms with Crippen LogP contribution < -0.4 is 20.1 Å². The number of aromatic carboxylic acids is 1. The standard InChI is InChI=1S/C37H42N4O11S2/c1-3-4-5-24-6-12-28(13-7-24)54(50,51)41-33-17-11-27(23-31(33)37(46)47)39-34(42)18-20-38-35(43)26-10-16-32(30(22-26)36(44)45)40-53(48,49)29-14-8-25(9-15-29)19-21-52-2/h6-17,22-23,36,40-41,44-45H,3-5,18-21H2,1-2H3,(H,38,43)(H,39,42)(H,46,47). The Kier molecular flexibility index (Phi) is 14.3. The summed E-state index contributed by atoms with van der Waals surface area (Å²) >= 11 is 0. The van der Waals surface area contributed by atoms with E-state index < -0.39 is 49.7 Å². The first-order chi connectivity index (χ1) is 25.6. The molecule has 0 spiro atoms. The quantitative estimate of drug-likeness (QED) is 0.0664. The highest BCUT2D eigenvalue weighted by Gasteiger charge is 2.22. The van der Waals surface area contributed by atoms with E-state index in [1.807, 2.05) is 0 Å². The van der Waals surface area contributed by atoms with Gasteiger partial charge in [-0.15, -0.1) is 0 Å². The van der Waals surface area contributed by atoms with Gasteiger partial charge in [0, 0.05) is 36.9 Å². The van der Waals surface area contributed by atoms with Gasteiger partial charge in [0.2, 0.25) is 5.91 Å². The van der Waals surface area contributed by atoms with Crippen molar-refractivity contribution in [3.8, 4) is 0 Å². The van der Waals surface area contributed by atoms with Crippen LogP contribution in [-0.4, -0.2) is 70.2 Å². The van der Waals surface area contributed by atoms with E-state index in [4.69, 9.17) is 4.74 Å². The number of hydrogen-bond donors (Lipinski definition) is 7. The first kappa shape index (κ1) is 41.4. The van der Waals surface area contributed by atoms with Crippen LogP contribution in [0.15, 0.2) is 94.7 Å². The molecule has 0 unspecified atom stereocenters. The molecule has 7 N–H and O–H groups in total. The fourth-order valence-corrected chi connectivity index (χ4v) is 7.36. The van der Waals surface area contributed by atoms with Crippen LogP contribution in [0.25, 0.3) is 0 Å². The zero-order valence-electron chi connectivity index (χ0n) is 29.5. The minimum Gasteiger partial charge on any atom is -0.478 e. The van der Waals surface area contributed by atoms with Crippen molar-refractivity contribution in [2.75, 3.05) is 35.0 Å². The summed E-state index contributed by atoms with van der Waals surface area (Å²) in [4.78, 5) is 37.4. The minimum atomic E-state index is -4.13. The topological polar surface area (TPSA) is 238 Å². The van der Waals surface area contributed by atoms with Crippen LogP contribution in [0.5, 0.6) is 0 Å². The molecule has 0 aromatic heterocycles. The van der Waals surface area contributed by atoms with Crippen LogP contribution in [0.2, 0.25) is 0 Å². The molecule has 0 fully saturated rings. The van der Waals surface area contributed by atoms with Crippen LogP contribution in [0.3, 0.4) is 0 Å². The normalized spacial score (nSPS) is 11.6. The monoisotopic (exact) mass is 782 g/mol. The van der Waals surface area contributed by atoms with Gasteiger partial charge in [-0.2, -0.15) is 0 Å². The summed E-state index contributed by atoms with van der Waals surface area (Å²) in [5.41, 5.74) is 0.773. The number of benzene rings is 4. The number of amides is 2. The summed E-state index contributed by atoms with van der Waals surface area (Å²) in [7, 11) is -6.70. The smallest absolute Gasteiger partial charge is 0.337 e. The number of carboxylic acids is 1. The second-order valence-corrected chi connectivity index (χ2v) is 15.5. The molecule has 15 nitrogen and oxygen atoms in total. The number of hydrogen-bond acceptors (Lipinski definition) is 10. The van der Waals surface area contributed by atoms with Crippen LogP contribution >= 0.6 is 0 Å². The van der Waals surface area contributed by atoms with E-state index in [2.05, 4.69) is 27.0 Å². The van der Waals surface area contributed by atoms with Crippen molar-refractivity contribution >= 4 is 54.9 Å². The van der Waals surface area contributed by atoms with Crippen molar-refractivity contribution in [1.82, 2.24) is 5.32 Å². The molecule has 2 amide bonds. The molecule has 0 aliphatic heterocycles. The second kappa shape index (κ2) is 18.6. The molecule has 288 valence electrons. The molecular weight excluding hydrogens is 741 g/mol. The summed E-state index contributed by atoms with van der Waals surface area (Å²) in [6, 6.07) is 19.6. The maximum atomic E-state index is 13.0. The number of aryl methyl sites for hydroxylation is 1. The fraction of sp³-hybridized carbons (Fsp3) is 0.270.